The van der Waals surface area contributed by atoms with Gasteiger partial charge in [0.05, 0.1) is 5.69 Å². The first-order valence-electron chi connectivity index (χ1n) is 6.92. The van der Waals surface area contributed by atoms with Crippen LogP contribution in [0.25, 0.3) is 0 Å². The van der Waals surface area contributed by atoms with Crippen LogP contribution in [-0.4, -0.2) is 23.6 Å². The van der Waals surface area contributed by atoms with Crippen LogP contribution in [0, 0.1) is 5.92 Å². The van der Waals surface area contributed by atoms with Gasteiger partial charge in [-0.2, -0.15) is 4.98 Å². The highest BCUT2D eigenvalue weighted by Gasteiger charge is 2.25. The fourth-order valence-corrected chi connectivity index (χ4v) is 1.83. The number of oxazole rings is 1. The summed E-state index contributed by atoms with van der Waals surface area (Å²) in [7, 11) is 0. The second-order valence-corrected chi connectivity index (χ2v) is 6.21. The van der Waals surface area contributed by atoms with Gasteiger partial charge in [-0.25, -0.2) is 0 Å². The zero-order valence-corrected chi connectivity index (χ0v) is 12.0. The van der Waals surface area contributed by atoms with Gasteiger partial charge in [-0.05, 0) is 46.5 Å². The van der Waals surface area contributed by atoms with Crippen LogP contribution in [0.5, 0.6) is 0 Å². The summed E-state index contributed by atoms with van der Waals surface area (Å²) in [5, 5.41) is 3.42. The van der Waals surface area contributed by atoms with Crippen molar-refractivity contribution >= 4 is 6.01 Å². The largest absolute Gasteiger partial charge is 0.432 e. The zero-order valence-electron chi connectivity index (χ0n) is 12.0. The molecule has 0 radical (unpaired) electrons. The molecule has 4 heteroatoms. The van der Waals surface area contributed by atoms with Crippen molar-refractivity contribution < 1.29 is 4.42 Å². The lowest BCUT2D eigenvalue weighted by Gasteiger charge is -2.19. The predicted molar refractivity (Wildman–Crippen MR) is 73.7 cm³/mol. The van der Waals surface area contributed by atoms with E-state index in [1.807, 2.05) is 0 Å². The molecule has 0 bridgehead atoms. The molecule has 0 aliphatic heterocycles. The van der Waals surface area contributed by atoms with Crippen molar-refractivity contribution in [1.29, 1.82) is 0 Å². The van der Waals surface area contributed by atoms with E-state index < -0.39 is 0 Å². The predicted octanol–water partition coefficient (Wildman–Crippen LogP) is 2.80. The van der Waals surface area contributed by atoms with E-state index in [9.17, 15) is 0 Å². The molecule has 2 rings (SSSR count). The van der Waals surface area contributed by atoms with Gasteiger partial charge in [-0.3, -0.25) is 0 Å². The van der Waals surface area contributed by atoms with Gasteiger partial charge in [0.1, 0.15) is 6.26 Å². The first kappa shape index (κ1) is 13.4. The standard InChI is InChI=1S/C14H25N3O/c1-5-17(9-11-6-7-11)13-16-12(10-18-13)8-15-14(2,3)4/h10-11,15H,5-9H2,1-4H3. The molecule has 0 spiro atoms. The lowest BCUT2D eigenvalue weighted by molar-refractivity contribution is 0.421. The Kier molecular flexibility index (Phi) is 3.95. The minimum absolute atomic E-state index is 0.109. The van der Waals surface area contributed by atoms with Crippen molar-refractivity contribution in [1.82, 2.24) is 10.3 Å². The highest BCUT2D eigenvalue weighted by Crippen LogP contribution is 2.31. The van der Waals surface area contributed by atoms with Crippen molar-refractivity contribution in [2.75, 3.05) is 18.0 Å². The summed E-state index contributed by atoms with van der Waals surface area (Å²) in [6.45, 7) is 11.4. The van der Waals surface area contributed by atoms with E-state index >= 15 is 0 Å². The number of aromatic nitrogens is 1. The van der Waals surface area contributed by atoms with Crippen LogP contribution in [0.3, 0.4) is 0 Å². The molecule has 1 saturated carbocycles. The number of hydrogen-bond acceptors (Lipinski definition) is 4. The summed E-state index contributed by atoms with van der Waals surface area (Å²) in [6.07, 6.45) is 4.48. The number of anilines is 1. The van der Waals surface area contributed by atoms with Crippen molar-refractivity contribution in [2.45, 2.75) is 52.6 Å². The first-order chi connectivity index (χ1) is 8.48. The Morgan fingerprint density at radius 2 is 2.17 bits per heavy atom. The van der Waals surface area contributed by atoms with Crippen molar-refractivity contribution in [3.05, 3.63) is 12.0 Å². The van der Waals surface area contributed by atoms with Crippen LogP contribution in [0.15, 0.2) is 10.7 Å². The Labute approximate surface area is 110 Å². The summed E-state index contributed by atoms with van der Waals surface area (Å²) >= 11 is 0. The molecule has 1 aliphatic rings. The summed E-state index contributed by atoms with van der Waals surface area (Å²) in [4.78, 5) is 6.80. The maximum Gasteiger partial charge on any atom is 0.297 e. The Morgan fingerprint density at radius 1 is 1.44 bits per heavy atom. The molecule has 0 unspecified atom stereocenters. The third-order valence-electron chi connectivity index (χ3n) is 3.17. The topological polar surface area (TPSA) is 41.3 Å². The summed E-state index contributed by atoms with van der Waals surface area (Å²) in [5.41, 5.74) is 1.09. The van der Waals surface area contributed by atoms with Gasteiger partial charge < -0.3 is 14.6 Å². The Bertz CT molecular complexity index is 377. The van der Waals surface area contributed by atoms with E-state index in [0.717, 1.165) is 37.3 Å². The maximum atomic E-state index is 5.59. The smallest absolute Gasteiger partial charge is 0.297 e. The van der Waals surface area contributed by atoms with Gasteiger partial charge >= 0.3 is 0 Å². The zero-order chi connectivity index (χ0) is 13.2. The Hall–Kier alpha value is -1.03. The van der Waals surface area contributed by atoms with Crippen molar-refractivity contribution in [3.8, 4) is 0 Å². The Morgan fingerprint density at radius 3 is 2.72 bits per heavy atom. The van der Waals surface area contributed by atoms with Crippen molar-refractivity contribution in [2.24, 2.45) is 5.92 Å². The minimum atomic E-state index is 0.109. The number of rotatable bonds is 6. The molecule has 4 nitrogen and oxygen atoms in total. The van der Waals surface area contributed by atoms with Crippen LogP contribution in [-0.2, 0) is 6.54 Å². The fourth-order valence-electron chi connectivity index (χ4n) is 1.83. The average molecular weight is 251 g/mol. The highest BCUT2D eigenvalue weighted by molar-refractivity contribution is 5.27. The average Bonchev–Trinajstić information content (AvgIpc) is 2.99. The normalized spacial score (nSPS) is 16.0. The minimum Gasteiger partial charge on any atom is -0.432 e. The van der Waals surface area contributed by atoms with Gasteiger partial charge in [0.25, 0.3) is 6.01 Å². The molecule has 0 amide bonds. The molecule has 0 atom stereocenters. The number of nitrogens with one attached hydrogen (secondary N) is 1. The van der Waals surface area contributed by atoms with Crippen LogP contribution >= 0.6 is 0 Å². The number of nitrogens with zero attached hydrogens (tertiary/aromatic N) is 2. The van der Waals surface area contributed by atoms with Gasteiger partial charge in [0, 0.05) is 25.2 Å². The maximum absolute atomic E-state index is 5.59. The van der Waals surface area contributed by atoms with E-state index in [-0.39, 0.29) is 5.54 Å². The lowest BCUT2D eigenvalue weighted by atomic mass is 10.1. The van der Waals surface area contributed by atoms with E-state index in [0.29, 0.717) is 0 Å². The molecule has 1 heterocycles. The molecule has 1 aromatic rings. The van der Waals surface area contributed by atoms with Crippen LogP contribution in [0.1, 0.15) is 46.2 Å². The lowest BCUT2D eigenvalue weighted by Crippen LogP contribution is -2.35. The van der Waals surface area contributed by atoms with Gasteiger partial charge in [-0.1, -0.05) is 0 Å². The molecule has 1 N–H and O–H groups in total. The molecule has 0 aromatic carbocycles. The molecule has 1 aromatic heterocycles. The molecule has 1 aliphatic carbocycles. The molecule has 1 fully saturated rings. The number of hydrogen-bond donors (Lipinski definition) is 1. The second-order valence-electron chi connectivity index (χ2n) is 6.21. The van der Waals surface area contributed by atoms with Gasteiger partial charge in [-0.15, -0.1) is 0 Å². The monoisotopic (exact) mass is 251 g/mol. The van der Waals surface area contributed by atoms with Gasteiger partial charge in [0.2, 0.25) is 0 Å². The van der Waals surface area contributed by atoms with Crippen LogP contribution in [0.4, 0.5) is 6.01 Å². The van der Waals surface area contributed by atoms with Crippen LogP contribution in [0.2, 0.25) is 0 Å². The summed E-state index contributed by atoms with van der Waals surface area (Å²) in [6, 6.07) is 0.773. The SMILES string of the molecule is CCN(CC1CC1)c1nc(CNC(C)(C)C)co1. The molecule has 0 saturated heterocycles. The highest BCUT2D eigenvalue weighted by atomic mass is 16.4. The first-order valence-corrected chi connectivity index (χ1v) is 6.92. The molecule has 18 heavy (non-hydrogen) atoms. The van der Waals surface area contributed by atoms with E-state index in [2.05, 4.69) is 42.9 Å². The van der Waals surface area contributed by atoms with Crippen molar-refractivity contribution in [3.63, 3.8) is 0 Å². The van der Waals surface area contributed by atoms with E-state index in [1.165, 1.54) is 12.8 Å². The third-order valence-corrected chi connectivity index (χ3v) is 3.17. The molecular weight excluding hydrogens is 226 g/mol. The second kappa shape index (κ2) is 5.31. The third kappa shape index (κ3) is 4.02. The van der Waals surface area contributed by atoms with Gasteiger partial charge in [0.15, 0.2) is 0 Å². The fraction of sp³-hybridized carbons (Fsp3) is 0.786. The van der Waals surface area contributed by atoms with Crippen LogP contribution < -0.4 is 10.2 Å². The Balaban J connectivity index is 1.91. The quantitative estimate of drug-likeness (QED) is 0.844. The molecular formula is C14H25N3O. The van der Waals surface area contributed by atoms with E-state index in [4.69, 9.17) is 4.42 Å². The summed E-state index contributed by atoms with van der Waals surface area (Å²) < 4.78 is 5.59. The molecule has 102 valence electrons. The van der Waals surface area contributed by atoms with E-state index in [1.54, 1.807) is 6.26 Å². The summed E-state index contributed by atoms with van der Waals surface area (Å²) in [5.74, 6) is 0.855.